The van der Waals surface area contributed by atoms with Gasteiger partial charge in [-0.3, -0.25) is 4.79 Å². The van der Waals surface area contributed by atoms with Crippen molar-refractivity contribution in [1.82, 2.24) is 20.2 Å². The molecule has 4 rings (SSSR count). The number of nitrogens with zero attached hydrogens (tertiary/aromatic N) is 4. The third-order valence-corrected chi connectivity index (χ3v) is 7.19. The lowest BCUT2D eigenvalue weighted by molar-refractivity contribution is -0.125. The highest BCUT2D eigenvalue weighted by molar-refractivity contribution is 7.99. The van der Waals surface area contributed by atoms with E-state index in [4.69, 9.17) is 0 Å². The summed E-state index contributed by atoms with van der Waals surface area (Å²) in [7, 11) is 0. The predicted octanol–water partition coefficient (Wildman–Crippen LogP) is 3.75. The molecular formula is C24H33N5OS. The molecule has 0 spiro atoms. The highest BCUT2D eigenvalue weighted by Gasteiger charge is 2.27. The monoisotopic (exact) mass is 439 g/mol. The third kappa shape index (κ3) is 6.20. The Balaban J connectivity index is 1.25. The van der Waals surface area contributed by atoms with Gasteiger partial charge in [-0.25, -0.2) is 9.97 Å². The number of benzene rings is 1. The summed E-state index contributed by atoms with van der Waals surface area (Å²) in [6.07, 6.45) is 8.93. The summed E-state index contributed by atoms with van der Waals surface area (Å²) in [5.41, 5.74) is 1.25. The van der Waals surface area contributed by atoms with E-state index in [-0.39, 0.29) is 11.8 Å². The van der Waals surface area contributed by atoms with Gasteiger partial charge in [-0.15, -0.1) is 0 Å². The van der Waals surface area contributed by atoms with Crippen LogP contribution in [0.5, 0.6) is 0 Å². The molecule has 166 valence electrons. The molecule has 1 aromatic heterocycles. The van der Waals surface area contributed by atoms with E-state index in [0.717, 1.165) is 61.2 Å². The highest BCUT2D eigenvalue weighted by atomic mass is 32.2. The van der Waals surface area contributed by atoms with Crippen molar-refractivity contribution in [3.8, 4) is 0 Å². The fraction of sp³-hybridized carbons (Fsp3) is 0.542. The van der Waals surface area contributed by atoms with Crippen LogP contribution in [0.2, 0.25) is 0 Å². The molecule has 2 fully saturated rings. The predicted molar refractivity (Wildman–Crippen MR) is 126 cm³/mol. The fourth-order valence-electron chi connectivity index (χ4n) is 4.34. The molecule has 0 atom stereocenters. The minimum Gasteiger partial charge on any atom is -0.356 e. The number of rotatable bonds is 8. The minimum absolute atomic E-state index is 0.105. The van der Waals surface area contributed by atoms with E-state index in [9.17, 15) is 4.79 Å². The van der Waals surface area contributed by atoms with Gasteiger partial charge < -0.3 is 15.1 Å². The minimum atomic E-state index is 0.105. The molecular weight excluding hydrogens is 406 g/mol. The number of hydrogen-bond acceptors (Lipinski definition) is 6. The Bertz CT molecular complexity index is 845. The van der Waals surface area contributed by atoms with Crippen LogP contribution >= 0.6 is 11.8 Å². The lowest BCUT2D eigenvalue weighted by atomic mass is 9.96. The summed E-state index contributed by atoms with van der Waals surface area (Å²) in [5.74, 6) is 1.25. The number of amides is 1. The first-order chi connectivity index (χ1) is 15.2. The lowest BCUT2D eigenvalue weighted by Gasteiger charge is -2.32. The molecule has 2 aliphatic rings. The van der Waals surface area contributed by atoms with Crippen LogP contribution in [0.3, 0.4) is 0 Å². The zero-order chi connectivity index (χ0) is 21.5. The number of aromatic nitrogens is 2. The van der Waals surface area contributed by atoms with Crippen LogP contribution in [0.25, 0.3) is 0 Å². The van der Waals surface area contributed by atoms with Crippen LogP contribution in [0, 0.1) is 12.8 Å². The molecule has 1 N–H and O–H groups in total. The van der Waals surface area contributed by atoms with Crippen LogP contribution in [0.1, 0.15) is 37.7 Å². The van der Waals surface area contributed by atoms with Crippen molar-refractivity contribution in [2.24, 2.45) is 5.92 Å². The largest absolute Gasteiger partial charge is 0.356 e. The average Bonchev–Trinajstić information content (AvgIpc) is 3.32. The second-order valence-corrected chi connectivity index (χ2v) is 9.62. The van der Waals surface area contributed by atoms with Crippen molar-refractivity contribution in [3.63, 3.8) is 0 Å². The Labute approximate surface area is 189 Å². The molecule has 2 aliphatic heterocycles. The van der Waals surface area contributed by atoms with Gasteiger partial charge in [-0.05, 0) is 70.8 Å². The van der Waals surface area contributed by atoms with Gasteiger partial charge in [0.05, 0.1) is 0 Å². The van der Waals surface area contributed by atoms with E-state index in [1.165, 1.54) is 31.5 Å². The van der Waals surface area contributed by atoms with E-state index in [0.29, 0.717) is 0 Å². The average molecular weight is 440 g/mol. The normalized spacial score (nSPS) is 17.8. The van der Waals surface area contributed by atoms with E-state index < -0.39 is 0 Å². The van der Waals surface area contributed by atoms with Crippen molar-refractivity contribution in [1.29, 1.82) is 0 Å². The molecule has 0 saturated carbocycles. The Morgan fingerprint density at radius 2 is 1.77 bits per heavy atom. The Morgan fingerprint density at radius 1 is 1.06 bits per heavy atom. The standard InChI is InChI=1S/C24H33N5OS/c1-19-5-7-21(8-6-19)31-24-22(25-12-13-27-24)29-17-9-20(10-18-29)23(30)26-11-4-16-28-14-2-3-15-28/h5-8,12-13,20H,2-4,9-11,14-18H2,1H3,(H,26,30). The first kappa shape index (κ1) is 22.1. The highest BCUT2D eigenvalue weighted by Crippen LogP contribution is 2.34. The number of hydrogen-bond donors (Lipinski definition) is 1. The van der Waals surface area contributed by atoms with Crippen LogP contribution in [-0.4, -0.2) is 60.0 Å². The maximum Gasteiger partial charge on any atom is 0.223 e. The summed E-state index contributed by atoms with van der Waals surface area (Å²) >= 11 is 1.65. The van der Waals surface area contributed by atoms with Gasteiger partial charge in [0, 0.05) is 42.8 Å². The summed E-state index contributed by atoms with van der Waals surface area (Å²) in [4.78, 5) is 27.7. The molecule has 0 unspecified atom stereocenters. The molecule has 0 radical (unpaired) electrons. The number of piperidine rings is 1. The lowest BCUT2D eigenvalue weighted by Crippen LogP contribution is -2.41. The number of nitrogens with one attached hydrogen (secondary N) is 1. The summed E-state index contributed by atoms with van der Waals surface area (Å²) < 4.78 is 0. The van der Waals surface area contributed by atoms with Crippen LogP contribution < -0.4 is 10.2 Å². The van der Waals surface area contributed by atoms with E-state index in [1.54, 1.807) is 24.2 Å². The van der Waals surface area contributed by atoms with Crippen molar-refractivity contribution in [2.45, 2.75) is 48.9 Å². The molecule has 0 aliphatic carbocycles. The Kier molecular flexibility index (Phi) is 7.81. The summed E-state index contributed by atoms with van der Waals surface area (Å²) in [6, 6.07) is 8.48. The van der Waals surface area contributed by atoms with Gasteiger partial charge in [0.15, 0.2) is 5.82 Å². The van der Waals surface area contributed by atoms with E-state index in [1.807, 2.05) is 0 Å². The summed E-state index contributed by atoms with van der Waals surface area (Å²) in [5, 5.41) is 4.09. The molecule has 31 heavy (non-hydrogen) atoms. The summed E-state index contributed by atoms with van der Waals surface area (Å²) in [6.45, 7) is 8.11. The maximum atomic E-state index is 12.6. The van der Waals surface area contributed by atoms with Gasteiger partial charge in [0.1, 0.15) is 5.03 Å². The fourth-order valence-corrected chi connectivity index (χ4v) is 5.23. The quantitative estimate of drug-likeness (QED) is 0.632. The van der Waals surface area contributed by atoms with Gasteiger partial charge >= 0.3 is 0 Å². The number of carbonyl (C=O) groups is 1. The third-order valence-electron chi connectivity index (χ3n) is 6.20. The molecule has 2 saturated heterocycles. The van der Waals surface area contributed by atoms with Crippen LogP contribution in [0.15, 0.2) is 46.6 Å². The molecule has 3 heterocycles. The van der Waals surface area contributed by atoms with Gasteiger partial charge in [-0.2, -0.15) is 0 Å². The number of likely N-dealkylation sites (tertiary alicyclic amines) is 1. The van der Waals surface area contributed by atoms with Gasteiger partial charge in [-0.1, -0.05) is 29.5 Å². The second kappa shape index (κ2) is 11.0. The first-order valence-corrected chi connectivity index (χ1v) is 12.3. The van der Waals surface area contributed by atoms with Crippen molar-refractivity contribution >= 4 is 23.5 Å². The smallest absolute Gasteiger partial charge is 0.223 e. The van der Waals surface area contributed by atoms with E-state index in [2.05, 4.69) is 56.3 Å². The SMILES string of the molecule is Cc1ccc(Sc2nccnc2N2CCC(C(=O)NCCCN3CCCC3)CC2)cc1. The van der Waals surface area contributed by atoms with Crippen molar-refractivity contribution in [3.05, 3.63) is 42.2 Å². The number of anilines is 1. The molecule has 1 amide bonds. The zero-order valence-corrected chi connectivity index (χ0v) is 19.2. The molecule has 7 heteroatoms. The Morgan fingerprint density at radius 3 is 2.52 bits per heavy atom. The topological polar surface area (TPSA) is 61.4 Å². The van der Waals surface area contributed by atoms with E-state index >= 15 is 0 Å². The molecule has 6 nitrogen and oxygen atoms in total. The maximum absolute atomic E-state index is 12.6. The molecule has 1 aromatic carbocycles. The first-order valence-electron chi connectivity index (χ1n) is 11.5. The zero-order valence-electron chi connectivity index (χ0n) is 18.4. The number of aryl methyl sites for hydroxylation is 1. The van der Waals surface area contributed by atoms with Crippen LogP contribution in [-0.2, 0) is 4.79 Å². The molecule has 2 aromatic rings. The van der Waals surface area contributed by atoms with Crippen molar-refractivity contribution < 1.29 is 4.79 Å². The van der Waals surface area contributed by atoms with Crippen LogP contribution in [0.4, 0.5) is 5.82 Å². The van der Waals surface area contributed by atoms with Crippen molar-refractivity contribution in [2.75, 3.05) is 44.2 Å². The van der Waals surface area contributed by atoms with Gasteiger partial charge in [0.25, 0.3) is 0 Å². The Hall–Kier alpha value is -2.12. The second-order valence-electron chi connectivity index (χ2n) is 8.55. The molecule has 0 bridgehead atoms. The van der Waals surface area contributed by atoms with Gasteiger partial charge in [0.2, 0.25) is 5.91 Å². The number of carbonyl (C=O) groups excluding carboxylic acids is 1.